The number of hydrogen-bond acceptors (Lipinski definition) is 3. The average Bonchev–Trinajstić information content (AvgIpc) is 2.78. The van der Waals surface area contributed by atoms with Crippen LogP contribution < -0.4 is 11.1 Å². The lowest BCUT2D eigenvalue weighted by atomic mass is 10.1. The average molecular weight is 299 g/mol. The number of urea groups is 1. The van der Waals surface area contributed by atoms with E-state index in [0.717, 1.165) is 10.5 Å². The summed E-state index contributed by atoms with van der Waals surface area (Å²) in [4.78, 5) is 25.5. The number of halogens is 1. The van der Waals surface area contributed by atoms with Crippen LogP contribution in [0, 0.1) is 5.82 Å². The Kier molecular flexibility index (Phi) is 3.50. The zero-order valence-electron chi connectivity index (χ0n) is 11.6. The van der Waals surface area contributed by atoms with Crippen molar-refractivity contribution in [2.75, 3.05) is 5.73 Å². The molecule has 0 bridgehead atoms. The van der Waals surface area contributed by atoms with Gasteiger partial charge in [-0.2, -0.15) is 0 Å². The van der Waals surface area contributed by atoms with Crippen molar-refractivity contribution in [1.82, 2.24) is 10.2 Å². The monoisotopic (exact) mass is 299 g/mol. The Bertz CT molecular complexity index is 713. The molecule has 2 aromatic rings. The van der Waals surface area contributed by atoms with Gasteiger partial charge in [0.1, 0.15) is 11.9 Å². The molecule has 1 atom stereocenters. The van der Waals surface area contributed by atoms with Crippen molar-refractivity contribution in [2.45, 2.75) is 12.6 Å². The molecule has 22 heavy (non-hydrogen) atoms. The van der Waals surface area contributed by atoms with Gasteiger partial charge in [0.05, 0.1) is 6.54 Å². The molecule has 1 heterocycles. The first kappa shape index (κ1) is 14.1. The van der Waals surface area contributed by atoms with Gasteiger partial charge in [-0.15, -0.1) is 0 Å². The second-order valence-corrected chi connectivity index (χ2v) is 5.10. The third-order valence-electron chi connectivity index (χ3n) is 3.55. The summed E-state index contributed by atoms with van der Waals surface area (Å²) in [5, 5.41) is 2.61. The molecule has 1 fully saturated rings. The van der Waals surface area contributed by atoms with Crippen molar-refractivity contribution in [3.8, 4) is 0 Å². The fourth-order valence-corrected chi connectivity index (χ4v) is 2.36. The van der Waals surface area contributed by atoms with Crippen LogP contribution in [0.2, 0.25) is 0 Å². The number of anilines is 1. The number of nitrogens with one attached hydrogen (secondary N) is 1. The molecule has 0 saturated carbocycles. The number of nitrogens with zero attached hydrogens (tertiary/aromatic N) is 1. The second-order valence-electron chi connectivity index (χ2n) is 5.10. The maximum atomic E-state index is 13.0. The smallest absolute Gasteiger partial charge is 0.325 e. The molecule has 6 heteroatoms. The van der Waals surface area contributed by atoms with Gasteiger partial charge in [0.15, 0.2) is 0 Å². The molecule has 3 rings (SSSR count). The normalized spacial score (nSPS) is 17.7. The standard InChI is InChI=1S/C16H14FN3O2/c17-12-5-3-11(4-6-12)14-15(21)20(16(22)19-14)9-10-1-7-13(18)8-2-10/h1-8,14H,9,18H2,(H,19,22). The quantitative estimate of drug-likeness (QED) is 0.674. The Morgan fingerprint density at radius 3 is 2.32 bits per heavy atom. The van der Waals surface area contributed by atoms with E-state index in [1.54, 1.807) is 24.3 Å². The predicted molar refractivity (Wildman–Crippen MR) is 79.1 cm³/mol. The van der Waals surface area contributed by atoms with Crippen molar-refractivity contribution in [3.63, 3.8) is 0 Å². The highest BCUT2D eigenvalue weighted by Crippen LogP contribution is 2.23. The predicted octanol–water partition coefficient (Wildman–Crippen LogP) is 2.20. The molecule has 1 saturated heterocycles. The van der Waals surface area contributed by atoms with Crippen LogP contribution in [-0.4, -0.2) is 16.8 Å². The summed E-state index contributed by atoms with van der Waals surface area (Å²) in [6, 6.07) is 11.2. The van der Waals surface area contributed by atoms with Crippen LogP contribution in [-0.2, 0) is 11.3 Å². The number of imide groups is 1. The van der Waals surface area contributed by atoms with Crippen LogP contribution in [0.15, 0.2) is 48.5 Å². The summed E-state index contributed by atoms with van der Waals surface area (Å²) >= 11 is 0. The van der Waals surface area contributed by atoms with Gasteiger partial charge >= 0.3 is 6.03 Å². The van der Waals surface area contributed by atoms with Gasteiger partial charge in [0.25, 0.3) is 5.91 Å². The van der Waals surface area contributed by atoms with Crippen molar-refractivity contribution in [1.29, 1.82) is 0 Å². The van der Waals surface area contributed by atoms with E-state index in [9.17, 15) is 14.0 Å². The van der Waals surface area contributed by atoms with Crippen molar-refractivity contribution >= 4 is 17.6 Å². The molecular weight excluding hydrogens is 285 g/mol. The van der Waals surface area contributed by atoms with E-state index in [1.807, 2.05) is 0 Å². The van der Waals surface area contributed by atoms with Gasteiger partial charge in [-0.25, -0.2) is 9.18 Å². The van der Waals surface area contributed by atoms with Crippen LogP contribution in [0.25, 0.3) is 0 Å². The molecule has 0 aliphatic carbocycles. The maximum absolute atomic E-state index is 13.0. The summed E-state index contributed by atoms with van der Waals surface area (Å²) in [6.07, 6.45) is 0. The van der Waals surface area contributed by atoms with Crippen LogP contribution in [0.1, 0.15) is 17.2 Å². The zero-order valence-corrected chi connectivity index (χ0v) is 11.6. The van der Waals surface area contributed by atoms with E-state index >= 15 is 0 Å². The zero-order chi connectivity index (χ0) is 15.7. The maximum Gasteiger partial charge on any atom is 0.325 e. The van der Waals surface area contributed by atoms with E-state index in [-0.39, 0.29) is 18.3 Å². The summed E-state index contributed by atoms with van der Waals surface area (Å²) < 4.78 is 13.0. The molecule has 1 unspecified atom stereocenters. The summed E-state index contributed by atoms with van der Waals surface area (Å²) in [6.45, 7) is 0.169. The third-order valence-corrected chi connectivity index (χ3v) is 3.55. The number of carbonyl (C=O) groups excluding carboxylic acids is 2. The summed E-state index contributed by atoms with van der Waals surface area (Å²) in [7, 11) is 0. The number of hydrogen-bond donors (Lipinski definition) is 2. The summed E-state index contributed by atoms with van der Waals surface area (Å²) in [5.41, 5.74) is 7.58. The molecule has 0 spiro atoms. The lowest BCUT2D eigenvalue weighted by molar-refractivity contribution is -0.128. The minimum absolute atomic E-state index is 0.169. The minimum Gasteiger partial charge on any atom is -0.399 e. The lowest BCUT2D eigenvalue weighted by Crippen LogP contribution is -2.30. The number of nitrogens with two attached hydrogens (primary N) is 1. The Balaban J connectivity index is 1.79. The van der Waals surface area contributed by atoms with Crippen LogP contribution in [0.5, 0.6) is 0 Å². The van der Waals surface area contributed by atoms with E-state index in [1.165, 1.54) is 24.3 Å². The first-order valence-corrected chi connectivity index (χ1v) is 6.76. The second kappa shape index (κ2) is 5.48. The first-order chi connectivity index (χ1) is 10.5. The van der Waals surface area contributed by atoms with Crippen molar-refractivity contribution in [2.24, 2.45) is 0 Å². The van der Waals surface area contributed by atoms with Crippen molar-refractivity contribution in [3.05, 3.63) is 65.5 Å². The lowest BCUT2D eigenvalue weighted by Gasteiger charge is -2.13. The first-order valence-electron chi connectivity index (χ1n) is 6.76. The van der Waals surface area contributed by atoms with Crippen LogP contribution >= 0.6 is 0 Å². The molecule has 2 aromatic carbocycles. The number of rotatable bonds is 3. The van der Waals surface area contributed by atoms with Gasteiger partial charge < -0.3 is 11.1 Å². The highest BCUT2D eigenvalue weighted by Gasteiger charge is 2.38. The number of benzene rings is 2. The fourth-order valence-electron chi connectivity index (χ4n) is 2.36. The number of amides is 3. The highest BCUT2D eigenvalue weighted by molar-refractivity contribution is 6.04. The van der Waals surface area contributed by atoms with E-state index in [2.05, 4.69) is 5.32 Å². The van der Waals surface area contributed by atoms with Crippen molar-refractivity contribution < 1.29 is 14.0 Å². The Morgan fingerprint density at radius 2 is 1.68 bits per heavy atom. The van der Waals surface area contributed by atoms with Gasteiger partial charge in [0.2, 0.25) is 0 Å². The van der Waals surface area contributed by atoms with Gasteiger partial charge in [-0.1, -0.05) is 24.3 Å². The minimum atomic E-state index is -0.776. The molecule has 1 aliphatic rings. The molecule has 0 aromatic heterocycles. The fraction of sp³-hybridized carbons (Fsp3) is 0.125. The highest BCUT2D eigenvalue weighted by atomic mass is 19.1. The van der Waals surface area contributed by atoms with E-state index in [0.29, 0.717) is 11.3 Å². The van der Waals surface area contributed by atoms with Crippen LogP contribution in [0.3, 0.4) is 0 Å². The van der Waals surface area contributed by atoms with Gasteiger partial charge in [0, 0.05) is 5.69 Å². The molecule has 112 valence electrons. The van der Waals surface area contributed by atoms with Crippen LogP contribution in [0.4, 0.5) is 14.9 Å². The molecule has 3 amide bonds. The molecule has 0 radical (unpaired) electrons. The SMILES string of the molecule is Nc1ccc(CN2C(=O)NC(c3ccc(F)cc3)C2=O)cc1. The molecular formula is C16H14FN3O2. The Hall–Kier alpha value is -2.89. The molecule has 1 aliphatic heterocycles. The largest absolute Gasteiger partial charge is 0.399 e. The van der Waals surface area contributed by atoms with Gasteiger partial charge in [-0.3, -0.25) is 9.69 Å². The van der Waals surface area contributed by atoms with E-state index < -0.39 is 12.1 Å². The number of nitrogen functional groups attached to an aromatic ring is 1. The van der Waals surface area contributed by atoms with Gasteiger partial charge in [-0.05, 0) is 35.4 Å². The molecule has 5 nitrogen and oxygen atoms in total. The molecule has 3 N–H and O–H groups in total. The topological polar surface area (TPSA) is 75.4 Å². The Labute approximate surface area is 126 Å². The van der Waals surface area contributed by atoms with E-state index in [4.69, 9.17) is 5.73 Å². The number of carbonyl (C=O) groups is 2. The third kappa shape index (κ3) is 2.63. The Morgan fingerprint density at radius 1 is 1.05 bits per heavy atom. The summed E-state index contributed by atoms with van der Waals surface area (Å²) in [5.74, 6) is -0.743.